The molecule has 80 valence electrons. The molecule has 2 heteroatoms. The molecule has 0 spiro atoms. The van der Waals surface area contributed by atoms with E-state index in [2.05, 4.69) is 41.0 Å². The molecule has 0 radical (unpaired) electrons. The Morgan fingerprint density at radius 1 is 1.27 bits per heavy atom. The van der Waals surface area contributed by atoms with E-state index in [1.165, 1.54) is 31.5 Å². The molecule has 2 fully saturated rings. The van der Waals surface area contributed by atoms with E-state index in [1.807, 2.05) is 0 Å². The molecule has 2 aliphatic heterocycles. The van der Waals surface area contributed by atoms with Gasteiger partial charge in [0.15, 0.2) is 0 Å². The highest BCUT2D eigenvalue weighted by atomic mass is 15.1. The quantitative estimate of drug-likeness (QED) is 0.752. The van der Waals surface area contributed by atoms with Crippen LogP contribution in [0.15, 0.2) is 30.3 Å². The molecule has 1 aromatic rings. The average Bonchev–Trinajstić information content (AvgIpc) is 2.25. The SMILES string of the molecule is c1ccc(C[C@@]23CNCC[C@@H]2CN3)cc1. The van der Waals surface area contributed by atoms with Crippen molar-refractivity contribution in [3.63, 3.8) is 0 Å². The molecule has 0 bridgehead atoms. The summed E-state index contributed by atoms with van der Waals surface area (Å²) in [5.41, 5.74) is 1.82. The smallest absolute Gasteiger partial charge is 0.0388 e. The highest BCUT2D eigenvalue weighted by Crippen LogP contribution is 2.34. The molecule has 1 aromatic carbocycles. The second-order valence-corrected chi connectivity index (χ2v) is 4.86. The molecule has 2 atom stereocenters. The van der Waals surface area contributed by atoms with Gasteiger partial charge in [0.25, 0.3) is 0 Å². The Hall–Kier alpha value is -0.860. The number of rotatable bonds is 2. The zero-order valence-electron chi connectivity index (χ0n) is 9.00. The third kappa shape index (κ3) is 1.58. The van der Waals surface area contributed by atoms with Gasteiger partial charge in [0, 0.05) is 18.6 Å². The van der Waals surface area contributed by atoms with E-state index < -0.39 is 0 Å². The minimum atomic E-state index is 0.361. The van der Waals surface area contributed by atoms with E-state index in [0.717, 1.165) is 12.5 Å². The second-order valence-electron chi connectivity index (χ2n) is 4.86. The highest BCUT2D eigenvalue weighted by Gasteiger charge is 2.47. The Morgan fingerprint density at radius 3 is 2.80 bits per heavy atom. The molecule has 2 heterocycles. The van der Waals surface area contributed by atoms with Gasteiger partial charge in [-0.15, -0.1) is 0 Å². The summed E-state index contributed by atoms with van der Waals surface area (Å²) < 4.78 is 0. The Bertz CT molecular complexity index is 336. The number of hydrogen-bond acceptors (Lipinski definition) is 2. The summed E-state index contributed by atoms with van der Waals surface area (Å²) >= 11 is 0. The van der Waals surface area contributed by atoms with E-state index in [9.17, 15) is 0 Å². The predicted octanol–water partition coefficient (Wildman–Crippen LogP) is 1.18. The average molecular weight is 202 g/mol. The van der Waals surface area contributed by atoms with Crippen LogP contribution in [0.5, 0.6) is 0 Å². The van der Waals surface area contributed by atoms with Gasteiger partial charge in [-0.2, -0.15) is 0 Å². The number of nitrogens with one attached hydrogen (secondary N) is 2. The molecular weight excluding hydrogens is 184 g/mol. The van der Waals surface area contributed by atoms with Gasteiger partial charge in [0.05, 0.1) is 0 Å². The van der Waals surface area contributed by atoms with E-state index >= 15 is 0 Å². The van der Waals surface area contributed by atoms with E-state index in [1.54, 1.807) is 0 Å². The van der Waals surface area contributed by atoms with Crippen LogP contribution in [0, 0.1) is 5.92 Å². The first-order valence-corrected chi connectivity index (χ1v) is 5.89. The van der Waals surface area contributed by atoms with Crippen LogP contribution in [0.4, 0.5) is 0 Å². The minimum absolute atomic E-state index is 0.361. The number of hydrogen-bond donors (Lipinski definition) is 2. The lowest BCUT2D eigenvalue weighted by molar-refractivity contribution is 0.0650. The largest absolute Gasteiger partial charge is 0.315 e. The fourth-order valence-corrected chi connectivity index (χ4v) is 2.94. The molecule has 15 heavy (non-hydrogen) atoms. The van der Waals surface area contributed by atoms with Crippen molar-refractivity contribution in [1.29, 1.82) is 0 Å². The second kappa shape index (κ2) is 3.62. The zero-order chi connectivity index (χ0) is 10.1. The van der Waals surface area contributed by atoms with Crippen LogP contribution in [-0.2, 0) is 6.42 Å². The Morgan fingerprint density at radius 2 is 2.13 bits per heavy atom. The van der Waals surface area contributed by atoms with Gasteiger partial charge < -0.3 is 10.6 Å². The standard InChI is InChI=1S/C13H18N2/c1-2-4-11(5-3-1)8-13-10-14-7-6-12(13)9-15-13/h1-5,12,14-15H,6-10H2/t12-,13-/m1/s1. The topological polar surface area (TPSA) is 24.1 Å². The van der Waals surface area contributed by atoms with Gasteiger partial charge >= 0.3 is 0 Å². The van der Waals surface area contributed by atoms with Crippen molar-refractivity contribution < 1.29 is 0 Å². The van der Waals surface area contributed by atoms with Crippen molar-refractivity contribution in [1.82, 2.24) is 10.6 Å². The summed E-state index contributed by atoms with van der Waals surface area (Å²) in [5.74, 6) is 0.888. The maximum atomic E-state index is 3.65. The van der Waals surface area contributed by atoms with Crippen LogP contribution in [-0.4, -0.2) is 25.2 Å². The first-order valence-electron chi connectivity index (χ1n) is 5.89. The van der Waals surface area contributed by atoms with Gasteiger partial charge in [-0.25, -0.2) is 0 Å². The van der Waals surface area contributed by atoms with Crippen molar-refractivity contribution in [3.05, 3.63) is 35.9 Å². The summed E-state index contributed by atoms with van der Waals surface area (Å²) in [5, 5.41) is 7.16. The summed E-state index contributed by atoms with van der Waals surface area (Å²) in [6, 6.07) is 10.8. The van der Waals surface area contributed by atoms with Crippen molar-refractivity contribution in [2.24, 2.45) is 5.92 Å². The normalized spacial score (nSPS) is 34.3. The lowest BCUT2D eigenvalue weighted by Crippen LogP contribution is -2.73. The lowest BCUT2D eigenvalue weighted by atomic mass is 9.69. The summed E-state index contributed by atoms with van der Waals surface area (Å²) in [7, 11) is 0. The van der Waals surface area contributed by atoms with Crippen LogP contribution in [0.1, 0.15) is 12.0 Å². The highest BCUT2D eigenvalue weighted by molar-refractivity contribution is 5.22. The van der Waals surface area contributed by atoms with Gasteiger partial charge in [-0.1, -0.05) is 30.3 Å². The fourth-order valence-electron chi connectivity index (χ4n) is 2.94. The molecule has 0 aromatic heterocycles. The van der Waals surface area contributed by atoms with Crippen molar-refractivity contribution in [2.45, 2.75) is 18.4 Å². The predicted molar refractivity (Wildman–Crippen MR) is 61.9 cm³/mol. The Kier molecular flexibility index (Phi) is 2.26. The molecule has 0 aliphatic carbocycles. The molecule has 0 saturated carbocycles. The van der Waals surface area contributed by atoms with Crippen LogP contribution in [0.25, 0.3) is 0 Å². The van der Waals surface area contributed by atoms with Gasteiger partial charge in [0.2, 0.25) is 0 Å². The fraction of sp³-hybridized carbons (Fsp3) is 0.538. The maximum absolute atomic E-state index is 3.65. The third-order valence-corrected chi connectivity index (χ3v) is 3.95. The maximum Gasteiger partial charge on any atom is 0.0388 e. The number of piperidine rings is 1. The molecule has 2 aliphatic rings. The van der Waals surface area contributed by atoms with Gasteiger partial charge in [-0.3, -0.25) is 0 Å². The van der Waals surface area contributed by atoms with Gasteiger partial charge in [-0.05, 0) is 30.9 Å². The van der Waals surface area contributed by atoms with Crippen molar-refractivity contribution in [2.75, 3.05) is 19.6 Å². The molecule has 2 nitrogen and oxygen atoms in total. The summed E-state index contributed by atoms with van der Waals surface area (Å²) in [6.07, 6.45) is 2.51. The third-order valence-electron chi connectivity index (χ3n) is 3.95. The van der Waals surface area contributed by atoms with E-state index in [0.29, 0.717) is 5.54 Å². The Labute approximate surface area is 91.1 Å². The van der Waals surface area contributed by atoms with E-state index in [-0.39, 0.29) is 0 Å². The molecule has 2 N–H and O–H groups in total. The first kappa shape index (κ1) is 9.37. The first-order chi connectivity index (χ1) is 7.39. The molecule has 0 unspecified atom stereocenters. The monoisotopic (exact) mass is 202 g/mol. The number of benzene rings is 1. The van der Waals surface area contributed by atoms with Crippen molar-refractivity contribution in [3.8, 4) is 0 Å². The molecule has 2 saturated heterocycles. The van der Waals surface area contributed by atoms with Crippen LogP contribution < -0.4 is 10.6 Å². The minimum Gasteiger partial charge on any atom is -0.315 e. The van der Waals surface area contributed by atoms with Crippen LogP contribution in [0.2, 0.25) is 0 Å². The summed E-state index contributed by atoms with van der Waals surface area (Å²) in [4.78, 5) is 0. The zero-order valence-corrected chi connectivity index (χ0v) is 9.00. The molecule has 3 rings (SSSR count). The van der Waals surface area contributed by atoms with Crippen LogP contribution >= 0.6 is 0 Å². The number of fused-ring (bicyclic) bond motifs is 1. The lowest BCUT2D eigenvalue weighted by Gasteiger charge is -2.54. The van der Waals surface area contributed by atoms with Crippen LogP contribution in [0.3, 0.4) is 0 Å². The molecule has 0 amide bonds. The van der Waals surface area contributed by atoms with Crippen molar-refractivity contribution >= 4 is 0 Å². The molecular formula is C13H18N2. The van der Waals surface area contributed by atoms with Gasteiger partial charge in [0.1, 0.15) is 0 Å². The Balaban J connectivity index is 1.77. The summed E-state index contributed by atoms with van der Waals surface area (Å²) in [6.45, 7) is 3.55. The van der Waals surface area contributed by atoms with E-state index in [4.69, 9.17) is 0 Å².